The molecule has 0 atom stereocenters. The Balaban J connectivity index is 1.29. The van der Waals surface area contributed by atoms with Crippen molar-refractivity contribution >= 4 is 11.6 Å². The summed E-state index contributed by atoms with van der Waals surface area (Å²) in [5, 5.41) is 3.06. The molecule has 0 fully saturated rings. The first-order valence-corrected chi connectivity index (χ1v) is 9.49. The summed E-state index contributed by atoms with van der Waals surface area (Å²) in [5.74, 6) is 1.04. The molecule has 1 aliphatic heterocycles. The van der Waals surface area contributed by atoms with Crippen LogP contribution in [0.1, 0.15) is 30.4 Å². The molecule has 0 saturated carbocycles. The topological polar surface area (TPSA) is 41.6 Å². The predicted octanol–water partition coefficient (Wildman–Crippen LogP) is 3.59. The zero-order valence-corrected chi connectivity index (χ0v) is 15.5. The molecule has 0 unspecified atom stereocenters. The van der Waals surface area contributed by atoms with Crippen LogP contribution in [0.25, 0.3) is 0 Å². The second-order valence-electron chi connectivity index (χ2n) is 6.77. The van der Waals surface area contributed by atoms with E-state index in [2.05, 4.69) is 46.6 Å². The molecule has 1 amide bonds. The Labute approximate surface area is 156 Å². The Morgan fingerprint density at radius 2 is 1.92 bits per heavy atom. The Morgan fingerprint density at radius 1 is 1.12 bits per heavy atom. The largest absolute Gasteiger partial charge is 0.497 e. The molecule has 1 heterocycles. The van der Waals surface area contributed by atoms with Gasteiger partial charge < -0.3 is 15.0 Å². The van der Waals surface area contributed by atoms with Gasteiger partial charge in [-0.1, -0.05) is 30.3 Å². The molecule has 2 aromatic rings. The number of anilines is 1. The van der Waals surface area contributed by atoms with E-state index in [1.54, 1.807) is 7.11 Å². The lowest BCUT2D eigenvalue weighted by Gasteiger charge is -2.19. The highest BCUT2D eigenvalue weighted by Crippen LogP contribution is 2.26. The van der Waals surface area contributed by atoms with Gasteiger partial charge in [0, 0.05) is 31.7 Å². The predicted molar refractivity (Wildman–Crippen MR) is 106 cm³/mol. The van der Waals surface area contributed by atoms with Crippen molar-refractivity contribution in [2.75, 3.05) is 31.6 Å². The molecule has 4 heteroatoms. The average Bonchev–Trinajstić information content (AvgIpc) is 3.09. The molecular weight excluding hydrogens is 324 g/mol. The quantitative estimate of drug-likeness (QED) is 0.701. The number of para-hydroxylation sites is 1. The van der Waals surface area contributed by atoms with E-state index in [4.69, 9.17) is 4.74 Å². The molecule has 0 saturated heterocycles. The molecule has 1 N–H and O–H groups in total. The van der Waals surface area contributed by atoms with Gasteiger partial charge in [-0.3, -0.25) is 4.79 Å². The fraction of sp³-hybridized carbons (Fsp3) is 0.409. The van der Waals surface area contributed by atoms with E-state index in [0.29, 0.717) is 13.0 Å². The van der Waals surface area contributed by atoms with Crippen LogP contribution in [0.4, 0.5) is 5.69 Å². The van der Waals surface area contributed by atoms with E-state index in [1.807, 2.05) is 12.1 Å². The molecule has 0 aromatic heterocycles. The van der Waals surface area contributed by atoms with Crippen LogP contribution in [0.3, 0.4) is 0 Å². The van der Waals surface area contributed by atoms with E-state index < -0.39 is 0 Å². The fourth-order valence-corrected chi connectivity index (χ4v) is 3.46. The number of hydrogen-bond donors (Lipinski definition) is 1. The van der Waals surface area contributed by atoms with Crippen LogP contribution in [-0.2, 0) is 17.6 Å². The number of carbonyl (C=O) groups is 1. The molecule has 0 aliphatic carbocycles. The third-order valence-electron chi connectivity index (χ3n) is 4.97. The van der Waals surface area contributed by atoms with Crippen molar-refractivity contribution in [1.82, 2.24) is 5.32 Å². The smallest absolute Gasteiger partial charge is 0.220 e. The fourth-order valence-electron chi connectivity index (χ4n) is 3.46. The molecular formula is C22H28N2O2. The van der Waals surface area contributed by atoms with Crippen LogP contribution >= 0.6 is 0 Å². The molecule has 0 spiro atoms. The molecule has 1 aliphatic rings. The zero-order chi connectivity index (χ0) is 18.2. The molecule has 4 nitrogen and oxygen atoms in total. The summed E-state index contributed by atoms with van der Waals surface area (Å²) >= 11 is 0. The number of amides is 1. The van der Waals surface area contributed by atoms with Gasteiger partial charge in [0.05, 0.1) is 7.11 Å². The molecule has 26 heavy (non-hydrogen) atoms. The number of unbranched alkanes of at least 4 members (excludes halogenated alkanes) is 1. The maximum absolute atomic E-state index is 12.0. The number of carbonyl (C=O) groups excluding carboxylic acids is 1. The third-order valence-corrected chi connectivity index (χ3v) is 4.97. The summed E-state index contributed by atoms with van der Waals surface area (Å²) in [6, 6.07) is 16.7. The first-order chi connectivity index (χ1) is 12.8. The second-order valence-corrected chi connectivity index (χ2v) is 6.77. The minimum Gasteiger partial charge on any atom is -0.497 e. The second kappa shape index (κ2) is 9.27. The maximum atomic E-state index is 12.0. The van der Waals surface area contributed by atoms with Crippen LogP contribution in [-0.4, -0.2) is 32.7 Å². The highest BCUT2D eigenvalue weighted by Gasteiger charge is 2.17. The van der Waals surface area contributed by atoms with Crippen LogP contribution < -0.4 is 15.0 Å². The molecule has 3 rings (SSSR count). The Bertz CT molecular complexity index is 712. The van der Waals surface area contributed by atoms with Crippen LogP contribution in [0.15, 0.2) is 48.5 Å². The lowest BCUT2D eigenvalue weighted by atomic mass is 10.1. The van der Waals surface area contributed by atoms with Gasteiger partial charge >= 0.3 is 0 Å². The number of nitrogens with zero attached hydrogens (tertiary/aromatic N) is 1. The Kier molecular flexibility index (Phi) is 6.53. The van der Waals surface area contributed by atoms with Crippen molar-refractivity contribution in [3.63, 3.8) is 0 Å². The number of aryl methyl sites for hydroxylation is 1. The number of benzene rings is 2. The van der Waals surface area contributed by atoms with Crippen molar-refractivity contribution in [3.05, 3.63) is 59.7 Å². The normalized spacial score (nSPS) is 12.7. The highest BCUT2D eigenvalue weighted by atomic mass is 16.5. The van der Waals surface area contributed by atoms with Crippen molar-refractivity contribution < 1.29 is 9.53 Å². The maximum Gasteiger partial charge on any atom is 0.220 e. The van der Waals surface area contributed by atoms with E-state index in [9.17, 15) is 4.79 Å². The number of methoxy groups -OCH3 is 1. The monoisotopic (exact) mass is 352 g/mol. The van der Waals surface area contributed by atoms with Gasteiger partial charge in [-0.2, -0.15) is 0 Å². The lowest BCUT2D eigenvalue weighted by molar-refractivity contribution is -0.121. The SMILES string of the molecule is COc1ccc(CCCCC(=O)NCCN2CCc3ccccc32)cc1. The summed E-state index contributed by atoms with van der Waals surface area (Å²) in [6.45, 7) is 2.65. The van der Waals surface area contributed by atoms with Crippen LogP contribution in [0.5, 0.6) is 5.75 Å². The standard InChI is InChI=1S/C22H28N2O2/c1-26-20-12-10-18(11-13-20)6-2-5-9-22(25)23-15-17-24-16-14-19-7-3-4-8-21(19)24/h3-4,7-8,10-13H,2,5-6,9,14-17H2,1H3,(H,23,25). The molecule has 2 aromatic carbocycles. The number of rotatable bonds is 9. The van der Waals surface area contributed by atoms with Gasteiger partial charge in [-0.25, -0.2) is 0 Å². The Morgan fingerprint density at radius 3 is 2.73 bits per heavy atom. The minimum atomic E-state index is 0.159. The number of nitrogens with one attached hydrogen (secondary N) is 1. The lowest BCUT2D eigenvalue weighted by Crippen LogP contribution is -2.34. The number of fused-ring (bicyclic) bond motifs is 1. The van der Waals surface area contributed by atoms with E-state index >= 15 is 0 Å². The van der Waals surface area contributed by atoms with Crippen LogP contribution in [0.2, 0.25) is 0 Å². The molecule has 0 radical (unpaired) electrons. The number of hydrogen-bond acceptors (Lipinski definition) is 3. The van der Waals surface area contributed by atoms with E-state index in [0.717, 1.165) is 44.5 Å². The van der Waals surface area contributed by atoms with Crippen molar-refractivity contribution in [2.24, 2.45) is 0 Å². The first kappa shape index (κ1) is 18.3. The van der Waals surface area contributed by atoms with Gasteiger partial charge in [0.2, 0.25) is 5.91 Å². The molecule has 0 bridgehead atoms. The Hall–Kier alpha value is -2.49. The van der Waals surface area contributed by atoms with Gasteiger partial charge in [0.15, 0.2) is 0 Å². The van der Waals surface area contributed by atoms with Gasteiger partial charge in [-0.15, -0.1) is 0 Å². The van der Waals surface area contributed by atoms with Crippen molar-refractivity contribution in [2.45, 2.75) is 32.1 Å². The van der Waals surface area contributed by atoms with Crippen molar-refractivity contribution in [1.29, 1.82) is 0 Å². The summed E-state index contributed by atoms with van der Waals surface area (Å²) in [4.78, 5) is 14.4. The zero-order valence-electron chi connectivity index (χ0n) is 15.5. The van der Waals surface area contributed by atoms with Crippen LogP contribution in [0, 0.1) is 0 Å². The van der Waals surface area contributed by atoms with Gasteiger partial charge in [0.1, 0.15) is 5.75 Å². The van der Waals surface area contributed by atoms with Crippen molar-refractivity contribution in [3.8, 4) is 5.75 Å². The van der Waals surface area contributed by atoms with Gasteiger partial charge in [0.25, 0.3) is 0 Å². The third kappa shape index (κ3) is 5.01. The summed E-state index contributed by atoms with van der Waals surface area (Å²) < 4.78 is 5.16. The summed E-state index contributed by atoms with van der Waals surface area (Å²) in [6.07, 6.45) is 4.66. The first-order valence-electron chi connectivity index (χ1n) is 9.49. The number of ether oxygens (including phenoxy) is 1. The minimum absolute atomic E-state index is 0.159. The van der Waals surface area contributed by atoms with E-state index in [-0.39, 0.29) is 5.91 Å². The molecule has 138 valence electrons. The average molecular weight is 352 g/mol. The van der Waals surface area contributed by atoms with E-state index in [1.165, 1.54) is 16.8 Å². The highest BCUT2D eigenvalue weighted by molar-refractivity contribution is 5.75. The summed E-state index contributed by atoms with van der Waals surface area (Å²) in [7, 11) is 1.68. The van der Waals surface area contributed by atoms with Gasteiger partial charge in [-0.05, 0) is 55.0 Å². The summed E-state index contributed by atoms with van der Waals surface area (Å²) in [5.41, 5.74) is 4.03.